The van der Waals surface area contributed by atoms with Crippen molar-refractivity contribution in [3.8, 4) is 0 Å². The van der Waals surface area contributed by atoms with Gasteiger partial charge in [0, 0.05) is 18.1 Å². The van der Waals surface area contributed by atoms with Crippen molar-refractivity contribution in [1.29, 1.82) is 0 Å². The molecule has 1 aliphatic carbocycles. The number of nitrogens with zero attached hydrogens (tertiary/aromatic N) is 1. The average Bonchev–Trinajstić information content (AvgIpc) is 2.64. The van der Waals surface area contributed by atoms with Crippen molar-refractivity contribution in [2.75, 3.05) is 13.1 Å². The van der Waals surface area contributed by atoms with Crippen molar-refractivity contribution in [2.24, 2.45) is 16.7 Å². The predicted octanol–water partition coefficient (Wildman–Crippen LogP) is 3.50. The van der Waals surface area contributed by atoms with Gasteiger partial charge in [-0.15, -0.1) is 0 Å². The second kappa shape index (κ2) is 5.63. The van der Waals surface area contributed by atoms with Crippen molar-refractivity contribution >= 4 is 27.7 Å². The maximum absolute atomic E-state index is 12.5. The quantitative estimate of drug-likeness (QED) is 0.866. The fraction of sp³-hybridized carbons (Fsp3) is 0.588. The number of piperidine rings is 1. The van der Waals surface area contributed by atoms with E-state index >= 15 is 0 Å². The Morgan fingerprint density at radius 2 is 1.88 bits per heavy atom. The Labute approximate surface area is 148 Å². The number of rotatable bonds is 2. The van der Waals surface area contributed by atoms with Crippen LogP contribution in [0.2, 0.25) is 5.02 Å². The molecule has 1 heterocycles. The van der Waals surface area contributed by atoms with Crippen LogP contribution in [-0.2, 0) is 10.0 Å². The lowest BCUT2D eigenvalue weighted by Gasteiger charge is -2.50. The van der Waals surface area contributed by atoms with E-state index in [-0.39, 0.29) is 15.7 Å². The summed E-state index contributed by atoms with van der Waals surface area (Å²) in [6.07, 6.45) is 2.15. The number of urea groups is 1. The molecule has 5 nitrogen and oxygen atoms in total. The molecule has 132 valence electrons. The van der Waals surface area contributed by atoms with Gasteiger partial charge in [-0.05, 0) is 53.9 Å². The smallest absolute Gasteiger partial charge is 0.323 e. The third kappa shape index (κ3) is 2.80. The molecule has 3 rings (SSSR count). The van der Waals surface area contributed by atoms with Crippen LogP contribution >= 0.6 is 11.6 Å². The van der Waals surface area contributed by atoms with Crippen LogP contribution in [0.3, 0.4) is 0 Å². The Morgan fingerprint density at radius 1 is 1.25 bits per heavy atom. The first-order chi connectivity index (χ1) is 11.1. The molecule has 1 aromatic rings. The summed E-state index contributed by atoms with van der Waals surface area (Å²) >= 11 is 5.78. The molecule has 2 fully saturated rings. The molecule has 1 aliphatic heterocycles. The summed E-state index contributed by atoms with van der Waals surface area (Å²) in [6.45, 7) is 7.89. The summed E-state index contributed by atoms with van der Waals surface area (Å²) in [5, 5.41) is 0.447. The van der Waals surface area contributed by atoms with Crippen LogP contribution in [-0.4, -0.2) is 32.4 Å². The van der Waals surface area contributed by atoms with Gasteiger partial charge in [-0.1, -0.05) is 32.4 Å². The zero-order valence-corrected chi connectivity index (χ0v) is 15.7. The van der Waals surface area contributed by atoms with Crippen LogP contribution in [0.4, 0.5) is 4.79 Å². The van der Waals surface area contributed by atoms with E-state index < -0.39 is 16.1 Å². The highest BCUT2D eigenvalue weighted by molar-refractivity contribution is 7.90. The van der Waals surface area contributed by atoms with Crippen molar-refractivity contribution in [3.05, 3.63) is 29.3 Å². The van der Waals surface area contributed by atoms with Crippen molar-refractivity contribution in [2.45, 2.75) is 38.5 Å². The second-order valence-corrected chi connectivity index (χ2v) is 9.88. The number of sulfonamides is 1. The maximum Gasteiger partial charge on any atom is 0.331 e. The first-order valence-corrected chi connectivity index (χ1v) is 9.99. The third-order valence-corrected chi connectivity index (χ3v) is 7.82. The maximum atomic E-state index is 12.5. The summed E-state index contributed by atoms with van der Waals surface area (Å²) in [5.41, 5.74) is 0.191. The number of benzene rings is 1. The number of fused-ring (bicyclic) bond motifs is 2. The van der Waals surface area contributed by atoms with Crippen molar-refractivity contribution in [1.82, 2.24) is 9.62 Å². The van der Waals surface area contributed by atoms with Crippen LogP contribution in [0.1, 0.15) is 33.6 Å². The summed E-state index contributed by atoms with van der Waals surface area (Å²) < 4.78 is 27.0. The molecular weight excluding hydrogens is 348 g/mol. The molecule has 24 heavy (non-hydrogen) atoms. The van der Waals surface area contributed by atoms with Crippen LogP contribution < -0.4 is 4.72 Å². The number of nitrogens with one attached hydrogen (secondary N) is 1. The fourth-order valence-corrected chi connectivity index (χ4v) is 5.13. The molecule has 1 saturated carbocycles. The standard InChI is InChI=1S/C17H23ClN2O3S/c1-16(2)12-8-9-17(16,3)11-20(10-12)15(21)19-24(22,23)14-6-4-13(18)5-7-14/h4-7,12H,8-11H2,1-3H3,(H,19,21). The van der Waals surface area contributed by atoms with Crippen molar-refractivity contribution < 1.29 is 13.2 Å². The van der Waals surface area contributed by atoms with E-state index in [2.05, 4.69) is 25.5 Å². The van der Waals surface area contributed by atoms with Gasteiger partial charge in [0.15, 0.2) is 0 Å². The molecule has 2 aliphatic rings. The minimum atomic E-state index is -3.89. The zero-order valence-electron chi connectivity index (χ0n) is 14.2. The van der Waals surface area contributed by atoms with E-state index in [1.54, 1.807) is 4.90 Å². The van der Waals surface area contributed by atoms with Gasteiger partial charge in [-0.2, -0.15) is 0 Å². The van der Waals surface area contributed by atoms with Crippen LogP contribution in [0.5, 0.6) is 0 Å². The minimum absolute atomic E-state index is 0.0251. The second-order valence-electron chi connectivity index (χ2n) is 7.76. The number of likely N-dealkylation sites (tertiary alicyclic amines) is 1. The lowest BCUT2D eigenvalue weighted by Crippen LogP contribution is -2.56. The van der Waals surface area contributed by atoms with E-state index in [0.717, 1.165) is 12.8 Å². The molecule has 7 heteroatoms. The molecule has 2 amide bonds. The average molecular weight is 371 g/mol. The number of halogens is 1. The van der Waals surface area contributed by atoms with Gasteiger partial charge in [-0.25, -0.2) is 17.9 Å². The summed E-state index contributed by atoms with van der Waals surface area (Å²) in [5.74, 6) is 0.403. The molecule has 0 radical (unpaired) electrons. The SMILES string of the molecule is CC12CCC(CN(C(=O)NS(=O)(=O)c3ccc(Cl)cc3)C1)C2(C)C. The predicted molar refractivity (Wildman–Crippen MR) is 93.4 cm³/mol. The highest BCUT2D eigenvalue weighted by atomic mass is 35.5. The number of carbonyl (C=O) groups excluding carboxylic acids is 1. The van der Waals surface area contributed by atoms with Crippen LogP contribution in [0.25, 0.3) is 0 Å². The normalized spacial score (nSPS) is 28.7. The third-order valence-electron chi connectivity index (χ3n) is 6.23. The Balaban J connectivity index is 1.75. The summed E-state index contributed by atoms with van der Waals surface area (Å²) in [6, 6.07) is 5.22. The summed E-state index contributed by atoms with van der Waals surface area (Å²) in [4.78, 5) is 14.2. The molecule has 2 bridgehead atoms. The first kappa shape index (κ1) is 17.5. The molecule has 1 saturated heterocycles. The van der Waals surface area contributed by atoms with Crippen LogP contribution in [0.15, 0.2) is 29.2 Å². The molecular formula is C17H23ClN2O3S. The van der Waals surface area contributed by atoms with E-state index in [1.165, 1.54) is 24.3 Å². The topological polar surface area (TPSA) is 66.5 Å². The molecule has 1 aromatic carbocycles. The van der Waals surface area contributed by atoms with Crippen LogP contribution in [0, 0.1) is 16.7 Å². The number of carbonyl (C=O) groups is 1. The molecule has 2 atom stereocenters. The Kier molecular flexibility index (Phi) is 4.12. The molecule has 0 aromatic heterocycles. The van der Waals surface area contributed by atoms with Gasteiger partial charge in [0.2, 0.25) is 0 Å². The lowest BCUT2D eigenvalue weighted by atomic mass is 9.63. The number of hydrogen-bond donors (Lipinski definition) is 1. The Hall–Kier alpha value is -1.27. The van der Waals surface area contributed by atoms with Crippen molar-refractivity contribution in [3.63, 3.8) is 0 Å². The number of amides is 2. The largest absolute Gasteiger partial charge is 0.331 e. The monoisotopic (exact) mass is 370 g/mol. The highest BCUT2D eigenvalue weighted by Crippen LogP contribution is 2.58. The van der Waals surface area contributed by atoms with E-state index in [4.69, 9.17) is 11.6 Å². The molecule has 0 spiro atoms. The molecule has 1 N–H and O–H groups in total. The highest BCUT2D eigenvalue weighted by Gasteiger charge is 2.56. The van der Waals surface area contributed by atoms with Gasteiger partial charge >= 0.3 is 6.03 Å². The fourth-order valence-electron chi connectivity index (χ4n) is 4.03. The lowest BCUT2D eigenvalue weighted by molar-refractivity contribution is 0.000939. The Morgan fingerprint density at radius 3 is 2.46 bits per heavy atom. The molecule has 2 unspecified atom stereocenters. The van der Waals surface area contributed by atoms with E-state index in [9.17, 15) is 13.2 Å². The van der Waals surface area contributed by atoms with Gasteiger partial charge in [0.05, 0.1) is 4.90 Å². The van der Waals surface area contributed by atoms with Gasteiger partial charge < -0.3 is 4.90 Å². The van der Waals surface area contributed by atoms with Gasteiger partial charge in [0.1, 0.15) is 0 Å². The van der Waals surface area contributed by atoms with Gasteiger partial charge in [-0.3, -0.25) is 0 Å². The minimum Gasteiger partial charge on any atom is -0.323 e. The van der Waals surface area contributed by atoms with E-state index in [1.807, 2.05) is 0 Å². The van der Waals surface area contributed by atoms with Gasteiger partial charge in [0.25, 0.3) is 10.0 Å². The summed E-state index contributed by atoms with van der Waals surface area (Å²) in [7, 11) is -3.89. The van der Waals surface area contributed by atoms with E-state index in [0.29, 0.717) is 24.0 Å². The number of hydrogen-bond acceptors (Lipinski definition) is 3. The Bertz CT molecular complexity index is 761. The zero-order chi connectivity index (χ0) is 17.8. The first-order valence-electron chi connectivity index (χ1n) is 8.12.